The average Bonchev–Trinajstić information content (AvgIpc) is 2.85. The van der Waals surface area contributed by atoms with Crippen molar-refractivity contribution in [3.8, 4) is 0 Å². The summed E-state index contributed by atoms with van der Waals surface area (Å²) in [4.78, 5) is 0. The summed E-state index contributed by atoms with van der Waals surface area (Å²) < 4.78 is 0. The van der Waals surface area contributed by atoms with Gasteiger partial charge in [0.2, 0.25) is 0 Å². The van der Waals surface area contributed by atoms with E-state index >= 15 is 0 Å². The predicted molar refractivity (Wildman–Crippen MR) is 60.4 cm³/mol. The molecule has 0 bridgehead atoms. The highest BCUT2D eigenvalue weighted by Crippen LogP contribution is 2.37. The Morgan fingerprint density at radius 3 is 2.29 bits per heavy atom. The summed E-state index contributed by atoms with van der Waals surface area (Å²) in [6, 6.07) is 0. The van der Waals surface area contributed by atoms with E-state index in [4.69, 9.17) is 0 Å². The molecule has 2 aliphatic rings. The van der Waals surface area contributed by atoms with Crippen LogP contribution in [0.1, 0.15) is 32.6 Å². The lowest BCUT2D eigenvalue weighted by atomic mass is 9.85. The lowest BCUT2D eigenvalue weighted by Crippen LogP contribution is -2.29. The van der Waals surface area contributed by atoms with Crippen molar-refractivity contribution < 1.29 is 0 Å². The van der Waals surface area contributed by atoms with Gasteiger partial charge in [-0.3, -0.25) is 0 Å². The van der Waals surface area contributed by atoms with E-state index < -0.39 is 0 Å². The van der Waals surface area contributed by atoms with Crippen LogP contribution in [0.3, 0.4) is 0 Å². The Bertz CT molecular complexity index is 166. The van der Waals surface area contributed by atoms with Crippen LogP contribution in [0.5, 0.6) is 0 Å². The van der Waals surface area contributed by atoms with Crippen LogP contribution in [-0.4, -0.2) is 26.2 Å². The fraction of sp³-hybridized carbons (Fsp3) is 1.00. The first-order valence-electron chi connectivity index (χ1n) is 6.31. The van der Waals surface area contributed by atoms with Crippen molar-refractivity contribution in [3.63, 3.8) is 0 Å². The fourth-order valence-electron chi connectivity index (χ4n) is 2.31. The molecule has 0 spiro atoms. The average molecular weight is 196 g/mol. The topological polar surface area (TPSA) is 24.1 Å². The van der Waals surface area contributed by atoms with Gasteiger partial charge in [-0.1, -0.05) is 13.3 Å². The van der Waals surface area contributed by atoms with Crippen molar-refractivity contribution in [3.05, 3.63) is 0 Å². The van der Waals surface area contributed by atoms with E-state index in [9.17, 15) is 0 Å². The zero-order chi connectivity index (χ0) is 9.80. The van der Waals surface area contributed by atoms with E-state index in [-0.39, 0.29) is 0 Å². The molecule has 0 saturated heterocycles. The number of nitrogens with one attached hydrogen (secondary N) is 2. The van der Waals surface area contributed by atoms with Crippen LogP contribution in [0.15, 0.2) is 0 Å². The highest BCUT2D eigenvalue weighted by molar-refractivity contribution is 4.89. The van der Waals surface area contributed by atoms with E-state index in [0.29, 0.717) is 0 Å². The minimum atomic E-state index is 0.976. The van der Waals surface area contributed by atoms with Crippen molar-refractivity contribution in [2.24, 2.45) is 17.8 Å². The second kappa shape index (κ2) is 5.13. The third-order valence-electron chi connectivity index (χ3n) is 3.79. The highest BCUT2D eigenvalue weighted by Gasteiger charge is 2.35. The van der Waals surface area contributed by atoms with E-state index in [1.54, 1.807) is 0 Å². The summed E-state index contributed by atoms with van der Waals surface area (Å²) in [7, 11) is 0. The molecule has 2 saturated carbocycles. The lowest BCUT2D eigenvalue weighted by molar-refractivity contribution is 0.300. The van der Waals surface area contributed by atoms with Crippen LogP contribution >= 0.6 is 0 Å². The zero-order valence-corrected chi connectivity index (χ0v) is 9.39. The summed E-state index contributed by atoms with van der Waals surface area (Å²) in [6.45, 7) is 7.11. The second-order valence-electron chi connectivity index (χ2n) is 5.02. The molecule has 2 N–H and O–H groups in total. The Balaban J connectivity index is 1.43. The molecule has 0 heterocycles. The van der Waals surface area contributed by atoms with E-state index in [2.05, 4.69) is 17.6 Å². The van der Waals surface area contributed by atoms with Crippen LogP contribution < -0.4 is 10.6 Å². The molecule has 0 aliphatic heterocycles. The Morgan fingerprint density at radius 2 is 1.71 bits per heavy atom. The quantitative estimate of drug-likeness (QED) is 0.646. The molecule has 82 valence electrons. The largest absolute Gasteiger partial charge is 0.317 e. The smallest absolute Gasteiger partial charge is 0.00172 e. The van der Waals surface area contributed by atoms with E-state index in [1.807, 2.05) is 0 Å². The summed E-state index contributed by atoms with van der Waals surface area (Å²) in [5, 5.41) is 7.06. The number of hydrogen-bond acceptors (Lipinski definition) is 2. The Morgan fingerprint density at radius 1 is 1.00 bits per heavy atom. The maximum absolute atomic E-state index is 3.63. The second-order valence-corrected chi connectivity index (χ2v) is 5.02. The SMILES string of the molecule is CCNCC1CC1CNCC1CCC1. The molecule has 2 fully saturated rings. The Labute approximate surface area is 87.8 Å². The lowest BCUT2D eigenvalue weighted by Gasteiger charge is -2.25. The van der Waals surface area contributed by atoms with Gasteiger partial charge >= 0.3 is 0 Å². The van der Waals surface area contributed by atoms with Crippen LogP contribution in [0.25, 0.3) is 0 Å². The molecular weight excluding hydrogens is 172 g/mol. The maximum Gasteiger partial charge on any atom is -0.00172 e. The predicted octanol–water partition coefficient (Wildman–Crippen LogP) is 1.62. The van der Waals surface area contributed by atoms with Crippen LogP contribution in [-0.2, 0) is 0 Å². The third kappa shape index (κ3) is 2.96. The molecular formula is C12H24N2. The maximum atomic E-state index is 3.63. The van der Waals surface area contributed by atoms with E-state index in [1.165, 1.54) is 45.3 Å². The van der Waals surface area contributed by atoms with Gasteiger partial charge in [0.25, 0.3) is 0 Å². The van der Waals surface area contributed by atoms with Crippen molar-refractivity contribution in [2.75, 3.05) is 26.2 Å². The first-order chi connectivity index (χ1) is 6.90. The monoisotopic (exact) mass is 196 g/mol. The third-order valence-corrected chi connectivity index (χ3v) is 3.79. The van der Waals surface area contributed by atoms with Gasteiger partial charge in [-0.2, -0.15) is 0 Å². The van der Waals surface area contributed by atoms with Crippen molar-refractivity contribution >= 4 is 0 Å². The summed E-state index contributed by atoms with van der Waals surface area (Å²) in [6.07, 6.45) is 5.86. The van der Waals surface area contributed by atoms with Gasteiger partial charge in [-0.05, 0) is 63.2 Å². The zero-order valence-electron chi connectivity index (χ0n) is 9.39. The molecule has 14 heavy (non-hydrogen) atoms. The molecule has 2 rings (SSSR count). The van der Waals surface area contributed by atoms with Crippen molar-refractivity contribution in [2.45, 2.75) is 32.6 Å². The molecule has 2 heteroatoms. The van der Waals surface area contributed by atoms with Gasteiger partial charge in [0.05, 0.1) is 0 Å². The number of hydrogen-bond donors (Lipinski definition) is 2. The Kier molecular flexibility index (Phi) is 3.82. The van der Waals surface area contributed by atoms with Gasteiger partial charge < -0.3 is 10.6 Å². The molecule has 0 radical (unpaired) electrons. The summed E-state index contributed by atoms with van der Waals surface area (Å²) >= 11 is 0. The highest BCUT2D eigenvalue weighted by atomic mass is 14.9. The van der Waals surface area contributed by atoms with Crippen molar-refractivity contribution in [1.82, 2.24) is 10.6 Å². The normalized spacial score (nSPS) is 31.5. The molecule has 0 aromatic rings. The first kappa shape index (κ1) is 10.4. The summed E-state index contributed by atoms with van der Waals surface area (Å²) in [5.41, 5.74) is 0. The molecule has 2 unspecified atom stereocenters. The first-order valence-corrected chi connectivity index (χ1v) is 6.31. The Hall–Kier alpha value is -0.0800. The molecule has 0 amide bonds. The van der Waals surface area contributed by atoms with Gasteiger partial charge in [-0.15, -0.1) is 0 Å². The van der Waals surface area contributed by atoms with Gasteiger partial charge in [-0.25, -0.2) is 0 Å². The molecule has 0 aromatic carbocycles. The van der Waals surface area contributed by atoms with E-state index in [0.717, 1.165) is 24.3 Å². The minimum Gasteiger partial charge on any atom is -0.317 e. The molecule has 2 aliphatic carbocycles. The number of rotatable bonds is 7. The van der Waals surface area contributed by atoms with Crippen LogP contribution in [0, 0.1) is 17.8 Å². The van der Waals surface area contributed by atoms with Gasteiger partial charge in [0.15, 0.2) is 0 Å². The van der Waals surface area contributed by atoms with Crippen LogP contribution in [0.2, 0.25) is 0 Å². The summed E-state index contributed by atoms with van der Waals surface area (Å²) in [5.74, 6) is 2.97. The molecule has 0 aromatic heterocycles. The van der Waals surface area contributed by atoms with Crippen LogP contribution in [0.4, 0.5) is 0 Å². The fourth-order valence-corrected chi connectivity index (χ4v) is 2.31. The van der Waals surface area contributed by atoms with Crippen molar-refractivity contribution in [1.29, 1.82) is 0 Å². The minimum absolute atomic E-state index is 0.976. The molecule has 2 atom stereocenters. The molecule has 2 nitrogen and oxygen atoms in total. The van der Waals surface area contributed by atoms with Gasteiger partial charge in [0, 0.05) is 0 Å². The van der Waals surface area contributed by atoms with Gasteiger partial charge in [0.1, 0.15) is 0 Å². The standard InChI is InChI=1S/C12H24N2/c1-2-13-8-11-6-12(11)9-14-7-10-4-3-5-10/h10-14H,2-9H2,1H3.